The zero-order chi connectivity index (χ0) is 16.8. The van der Waals surface area contributed by atoms with Crippen molar-refractivity contribution in [1.29, 1.82) is 0 Å². The molecule has 2 rings (SSSR count). The standard InChI is InChI=1S/C17H26FN3O2/c1-3-17(23)19-13(2)14-10-15(18)12-16(11-14)21-6-4-20(5-7-21)8-9-22/h10-13,22H,3-9H2,1-2H3,(H,19,23)/t13-/m1/s1. The summed E-state index contributed by atoms with van der Waals surface area (Å²) in [5, 5.41) is 11.9. The van der Waals surface area contributed by atoms with Gasteiger partial charge in [0.15, 0.2) is 0 Å². The molecule has 1 atom stereocenters. The van der Waals surface area contributed by atoms with Crippen LogP contribution in [0.5, 0.6) is 0 Å². The van der Waals surface area contributed by atoms with E-state index in [4.69, 9.17) is 5.11 Å². The smallest absolute Gasteiger partial charge is 0.220 e. The molecule has 5 nitrogen and oxygen atoms in total. The molecule has 0 bridgehead atoms. The molecule has 0 aliphatic carbocycles. The Balaban J connectivity index is 2.07. The number of carbonyl (C=O) groups is 1. The highest BCUT2D eigenvalue weighted by atomic mass is 19.1. The molecule has 1 aromatic carbocycles. The van der Waals surface area contributed by atoms with Crippen molar-refractivity contribution >= 4 is 11.6 Å². The first-order valence-electron chi connectivity index (χ1n) is 8.21. The number of hydrogen-bond acceptors (Lipinski definition) is 4. The summed E-state index contributed by atoms with van der Waals surface area (Å²) in [6.45, 7) is 7.83. The van der Waals surface area contributed by atoms with Gasteiger partial charge in [0.2, 0.25) is 5.91 Å². The van der Waals surface area contributed by atoms with E-state index in [1.54, 1.807) is 13.0 Å². The average Bonchev–Trinajstić information content (AvgIpc) is 2.55. The Hall–Kier alpha value is -1.66. The molecule has 1 heterocycles. The number of hydrogen-bond donors (Lipinski definition) is 2. The fraction of sp³-hybridized carbons (Fsp3) is 0.588. The van der Waals surface area contributed by atoms with Crippen molar-refractivity contribution in [2.75, 3.05) is 44.2 Å². The number of piperazine rings is 1. The van der Waals surface area contributed by atoms with Crippen LogP contribution in [0, 0.1) is 5.82 Å². The number of carbonyl (C=O) groups excluding carboxylic acids is 1. The van der Waals surface area contributed by atoms with Gasteiger partial charge in [0.25, 0.3) is 0 Å². The van der Waals surface area contributed by atoms with Gasteiger partial charge < -0.3 is 15.3 Å². The minimum absolute atomic E-state index is 0.0408. The SMILES string of the molecule is CCC(=O)N[C@H](C)c1cc(F)cc(N2CCN(CCO)CC2)c1. The molecule has 0 spiro atoms. The topological polar surface area (TPSA) is 55.8 Å². The van der Waals surface area contributed by atoms with Gasteiger partial charge in [-0.2, -0.15) is 0 Å². The zero-order valence-corrected chi connectivity index (χ0v) is 13.9. The number of nitrogens with one attached hydrogen (secondary N) is 1. The predicted molar refractivity (Wildman–Crippen MR) is 89.0 cm³/mol. The fourth-order valence-corrected chi connectivity index (χ4v) is 2.83. The second kappa shape index (κ2) is 8.26. The first kappa shape index (κ1) is 17.7. The highest BCUT2D eigenvalue weighted by Crippen LogP contribution is 2.24. The molecule has 1 aliphatic heterocycles. The number of aliphatic hydroxyl groups is 1. The normalized spacial score (nSPS) is 17.1. The molecular weight excluding hydrogens is 297 g/mol. The molecule has 0 aromatic heterocycles. The maximum Gasteiger partial charge on any atom is 0.220 e. The van der Waals surface area contributed by atoms with Crippen LogP contribution in [0.1, 0.15) is 31.9 Å². The number of aliphatic hydroxyl groups excluding tert-OH is 1. The van der Waals surface area contributed by atoms with Gasteiger partial charge in [-0.25, -0.2) is 4.39 Å². The van der Waals surface area contributed by atoms with Crippen molar-refractivity contribution in [2.45, 2.75) is 26.3 Å². The summed E-state index contributed by atoms with van der Waals surface area (Å²) in [4.78, 5) is 15.9. The zero-order valence-electron chi connectivity index (χ0n) is 13.9. The van der Waals surface area contributed by atoms with E-state index in [0.717, 1.165) is 37.4 Å². The monoisotopic (exact) mass is 323 g/mol. The minimum Gasteiger partial charge on any atom is -0.395 e. The Bertz CT molecular complexity index is 531. The van der Waals surface area contributed by atoms with Gasteiger partial charge in [-0.1, -0.05) is 6.92 Å². The van der Waals surface area contributed by atoms with Crippen molar-refractivity contribution in [3.8, 4) is 0 Å². The van der Waals surface area contributed by atoms with E-state index < -0.39 is 0 Å². The third kappa shape index (κ3) is 4.91. The van der Waals surface area contributed by atoms with E-state index in [1.807, 2.05) is 13.0 Å². The Kier molecular flexibility index (Phi) is 6.36. The number of benzene rings is 1. The van der Waals surface area contributed by atoms with Crippen LogP contribution in [0.2, 0.25) is 0 Å². The van der Waals surface area contributed by atoms with Crippen LogP contribution >= 0.6 is 0 Å². The molecule has 1 saturated heterocycles. The van der Waals surface area contributed by atoms with Crippen LogP contribution in [-0.4, -0.2) is 55.2 Å². The lowest BCUT2D eigenvalue weighted by Gasteiger charge is -2.36. The molecule has 1 amide bonds. The molecule has 1 aromatic rings. The third-order valence-electron chi connectivity index (χ3n) is 4.26. The van der Waals surface area contributed by atoms with Gasteiger partial charge in [-0.15, -0.1) is 0 Å². The van der Waals surface area contributed by atoms with Crippen LogP contribution in [0.15, 0.2) is 18.2 Å². The van der Waals surface area contributed by atoms with Crippen molar-refractivity contribution in [2.24, 2.45) is 0 Å². The molecule has 23 heavy (non-hydrogen) atoms. The van der Waals surface area contributed by atoms with Crippen molar-refractivity contribution in [3.05, 3.63) is 29.6 Å². The molecule has 0 radical (unpaired) electrons. The minimum atomic E-state index is -0.284. The second-order valence-electron chi connectivity index (χ2n) is 5.94. The highest BCUT2D eigenvalue weighted by Gasteiger charge is 2.19. The van der Waals surface area contributed by atoms with Crippen LogP contribution in [0.3, 0.4) is 0 Å². The number of anilines is 1. The van der Waals surface area contributed by atoms with E-state index in [1.165, 1.54) is 6.07 Å². The van der Waals surface area contributed by atoms with Crippen LogP contribution in [-0.2, 0) is 4.79 Å². The first-order valence-corrected chi connectivity index (χ1v) is 8.21. The van der Waals surface area contributed by atoms with Gasteiger partial charge in [-0.05, 0) is 30.7 Å². The van der Waals surface area contributed by atoms with E-state index >= 15 is 0 Å². The third-order valence-corrected chi connectivity index (χ3v) is 4.26. The summed E-state index contributed by atoms with van der Waals surface area (Å²) in [5.74, 6) is -0.325. The fourth-order valence-electron chi connectivity index (χ4n) is 2.83. The lowest BCUT2D eigenvalue weighted by Crippen LogP contribution is -2.47. The van der Waals surface area contributed by atoms with Gasteiger partial charge >= 0.3 is 0 Å². The Labute approximate surface area is 137 Å². The maximum absolute atomic E-state index is 14.0. The average molecular weight is 323 g/mol. The molecule has 0 saturated carbocycles. The van der Waals surface area contributed by atoms with Crippen LogP contribution in [0.25, 0.3) is 0 Å². The quantitative estimate of drug-likeness (QED) is 0.834. The number of nitrogens with zero attached hydrogens (tertiary/aromatic N) is 2. The Morgan fingerprint density at radius 3 is 2.61 bits per heavy atom. The highest BCUT2D eigenvalue weighted by molar-refractivity contribution is 5.76. The summed E-state index contributed by atoms with van der Waals surface area (Å²) >= 11 is 0. The van der Waals surface area contributed by atoms with Crippen LogP contribution in [0.4, 0.5) is 10.1 Å². The maximum atomic E-state index is 14.0. The summed E-state index contributed by atoms with van der Waals surface area (Å²) in [6, 6.07) is 4.75. The summed E-state index contributed by atoms with van der Waals surface area (Å²) < 4.78 is 14.0. The van der Waals surface area contributed by atoms with Crippen molar-refractivity contribution < 1.29 is 14.3 Å². The molecule has 6 heteroatoms. The van der Waals surface area contributed by atoms with Crippen molar-refractivity contribution in [1.82, 2.24) is 10.2 Å². The van der Waals surface area contributed by atoms with Crippen LogP contribution < -0.4 is 10.2 Å². The summed E-state index contributed by atoms with van der Waals surface area (Å²) in [6.07, 6.45) is 0.416. The Morgan fingerprint density at radius 1 is 1.30 bits per heavy atom. The molecular formula is C17H26FN3O2. The van der Waals surface area contributed by atoms with Gasteiger partial charge in [0.05, 0.1) is 12.6 Å². The second-order valence-corrected chi connectivity index (χ2v) is 5.94. The predicted octanol–water partition coefficient (Wildman–Crippen LogP) is 1.53. The Morgan fingerprint density at radius 2 is 2.00 bits per heavy atom. The lowest BCUT2D eigenvalue weighted by atomic mass is 10.1. The van der Waals surface area contributed by atoms with Gasteiger partial charge in [0.1, 0.15) is 5.82 Å². The lowest BCUT2D eigenvalue weighted by molar-refractivity contribution is -0.121. The summed E-state index contributed by atoms with van der Waals surface area (Å²) in [5.41, 5.74) is 1.63. The number of β-amino-alcohol motifs (C(OH)–C–C–N with tert-alkyl or cyclic N) is 1. The largest absolute Gasteiger partial charge is 0.395 e. The van der Waals surface area contributed by atoms with E-state index in [-0.39, 0.29) is 24.4 Å². The van der Waals surface area contributed by atoms with Gasteiger partial charge in [-0.3, -0.25) is 9.69 Å². The number of rotatable bonds is 6. The molecule has 1 aliphatic rings. The molecule has 128 valence electrons. The van der Waals surface area contributed by atoms with Crippen molar-refractivity contribution in [3.63, 3.8) is 0 Å². The summed E-state index contributed by atoms with van der Waals surface area (Å²) in [7, 11) is 0. The molecule has 2 N–H and O–H groups in total. The van der Waals surface area contributed by atoms with E-state index in [0.29, 0.717) is 13.0 Å². The first-order chi connectivity index (χ1) is 11.0. The van der Waals surface area contributed by atoms with Gasteiger partial charge in [0, 0.05) is 44.8 Å². The van der Waals surface area contributed by atoms with E-state index in [2.05, 4.69) is 15.1 Å². The van der Waals surface area contributed by atoms with E-state index in [9.17, 15) is 9.18 Å². The number of amides is 1. The molecule has 0 unspecified atom stereocenters. The number of halogens is 1. The molecule has 1 fully saturated rings.